The Kier molecular flexibility index (Phi) is 4.71. The van der Waals surface area contributed by atoms with E-state index in [0.717, 1.165) is 0 Å². The number of pyridine rings is 1. The average Bonchev–Trinajstić information content (AvgIpc) is 3.18. The maximum atomic E-state index is 13.0. The van der Waals surface area contributed by atoms with Crippen LogP contribution in [-0.2, 0) is 11.8 Å². The average molecular weight is 344 g/mol. The van der Waals surface area contributed by atoms with Crippen molar-refractivity contribution in [2.24, 2.45) is 12.8 Å². The van der Waals surface area contributed by atoms with Crippen LogP contribution >= 0.6 is 0 Å². The summed E-state index contributed by atoms with van der Waals surface area (Å²) in [7, 11) is 1.85. The van der Waals surface area contributed by atoms with E-state index in [1.807, 2.05) is 20.9 Å². The summed E-state index contributed by atoms with van der Waals surface area (Å²) >= 11 is 0. The van der Waals surface area contributed by atoms with Crippen molar-refractivity contribution < 1.29 is 9.59 Å². The van der Waals surface area contributed by atoms with Crippen molar-refractivity contribution in [2.45, 2.75) is 32.4 Å². The number of carbonyl (C=O) groups excluding carboxylic acids is 2. The van der Waals surface area contributed by atoms with E-state index in [1.165, 1.54) is 6.20 Å². The minimum Gasteiger partial charge on any atom is -0.341 e. The molecule has 0 unspecified atom stereocenters. The molecule has 0 radical (unpaired) electrons. The molecular weight excluding hydrogens is 320 g/mol. The zero-order valence-corrected chi connectivity index (χ0v) is 14.8. The number of fused-ring (bicyclic) bond motifs is 1. The number of carbonyl (C=O) groups is 2. The van der Waals surface area contributed by atoms with E-state index in [0.29, 0.717) is 42.8 Å². The van der Waals surface area contributed by atoms with Crippen LogP contribution in [0.1, 0.15) is 30.6 Å². The Hall–Kier alpha value is -2.48. The lowest BCUT2D eigenvalue weighted by Crippen LogP contribution is -2.47. The van der Waals surface area contributed by atoms with Crippen molar-refractivity contribution in [2.75, 3.05) is 19.6 Å². The molecule has 2 N–H and O–H groups in total. The zero-order valence-electron chi connectivity index (χ0n) is 14.8. The Morgan fingerprint density at radius 3 is 2.72 bits per heavy atom. The summed E-state index contributed by atoms with van der Waals surface area (Å²) in [5, 5.41) is 0. The Morgan fingerprint density at radius 1 is 1.32 bits per heavy atom. The molecular formula is C17H24N6O2. The van der Waals surface area contributed by atoms with Gasteiger partial charge in [0.05, 0.1) is 11.9 Å². The van der Waals surface area contributed by atoms with E-state index in [-0.39, 0.29) is 17.9 Å². The maximum absolute atomic E-state index is 13.0. The van der Waals surface area contributed by atoms with Gasteiger partial charge in [-0.2, -0.15) is 0 Å². The molecule has 2 amide bonds. The van der Waals surface area contributed by atoms with Gasteiger partial charge in [0.1, 0.15) is 11.6 Å². The normalized spacial score (nSPS) is 20.2. The number of rotatable bonds is 4. The monoisotopic (exact) mass is 344 g/mol. The van der Waals surface area contributed by atoms with Gasteiger partial charge in [-0.25, -0.2) is 9.97 Å². The molecule has 2 aromatic rings. The number of hydrogen-bond donors (Lipinski definition) is 1. The first kappa shape index (κ1) is 17.3. The molecule has 0 saturated carbocycles. The first-order chi connectivity index (χ1) is 12.0. The van der Waals surface area contributed by atoms with Crippen LogP contribution in [0.25, 0.3) is 11.2 Å². The fraction of sp³-hybridized carbons (Fsp3) is 0.529. The lowest BCUT2D eigenvalue weighted by molar-refractivity contribution is -0.134. The van der Waals surface area contributed by atoms with Crippen LogP contribution in [0.3, 0.4) is 0 Å². The highest BCUT2D eigenvalue weighted by Crippen LogP contribution is 2.22. The fourth-order valence-corrected chi connectivity index (χ4v) is 3.37. The topological polar surface area (TPSA) is 97.3 Å². The Labute approximate surface area is 146 Å². The summed E-state index contributed by atoms with van der Waals surface area (Å²) in [6, 6.07) is 1.01. The molecule has 8 nitrogen and oxygen atoms in total. The Morgan fingerprint density at radius 2 is 2.04 bits per heavy atom. The van der Waals surface area contributed by atoms with Gasteiger partial charge in [-0.05, 0) is 26.3 Å². The zero-order chi connectivity index (χ0) is 18.1. The number of aromatic nitrogens is 3. The number of nitrogens with zero attached hydrogens (tertiary/aromatic N) is 5. The number of likely N-dealkylation sites (tertiary alicyclic amines) is 1. The lowest BCUT2D eigenvalue weighted by atomic mass is 10.1. The fourth-order valence-electron chi connectivity index (χ4n) is 3.37. The van der Waals surface area contributed by atoms with Crippen molar-refractivity contribution in [1.29, 1.82) is 0 Å². The number of likely N-dealkylation sites (N-methyl/N-ethyl adjacent to an activating group) is 1. The largest absolute Gasteiger partial charge is 0.341 e. The molecule has 134 valence electrons. The molecule has 1 aliphatic rings. The lowest BCUT2D eigenvalue weighted by Gasteiger charge is -2.28. The van der Waals surface area contributed by atoms with Gasteiger partial charge in [0.2, 0.25) is 5.91 Å². The SMILES string of the molecule is CCN(CC)C(=O)[C@@H]1C[C@H](N)CN1C(=O)c1cnc2c(c1)ncn2C. The van der Waals surface area contributed by atoms with Crippen LogP contribution in [0.4, 0.5) is 0 Å². The van der Waals surface area contributed by atoms with Crippen molar-refractivity contribution in [1.82, 2.24) is 24.3 Å². The highest BCUT2D eigenvalue weighted by atomic mass is 16.2. The van der Waals surface area contributed by atoms with E-state index in [1.54, 1.807) is 26.8 Å². The van der Waals surface area contributed by atoms with Gasteiger partial charge in [0.15, 0.2) is 5.65 Å². The molecule has 0 aliphatic carbocycles. The third-order valence-electron chi connectivity index (χ3n) is 4.75. The molecule has 3 rings (SSSR count). The molecule has 1 aliphatic heterocycles. The van der Waals surface area contributed by atoms with Crippen LogP contribution < -0.4 is 5.73 Å². The summed E-state index contributed by atoms with van der Waals surface area (Å²) in [6.45, 7) is 5.47. The van der Waals surface area contributed by atoms with Gasteiger partial charge in [0, 0.05) is 38.9 Å². The van der Waals surface area contributed by atoms with Crippen LogP contribution in [0.5, 0.6) is 0 Å². The maximum Gasteiger partial charge on any atom is 0.256 e. The standard InChI is InChI=1S/C17H24N6O2/c1-4-22(5-2)17(25)14-7-12(18)9-23(14)16(24)11-6-13-15(19-8-11)21(3)10-20-13/h6,8,10,12,14H,4-5,7,9,18H2,1-3H3/t12-,14-/m0/s1. The minimum absolute atomic E-state index is 0.0434. The van der Waals surface area contributed by atoms with Gasteiger partial charge in [0.25, 0.3) is 5.91 Å². The third-order valence-corrected chi connectivity index (χ3v) is 4.75. The van der Waals surface area contributed by atoms with Gasteiger partial charge in [-0.1, -0.05) is 0 Å². The van der Waals surface area contributed by atoms with E-state index in [9.17, 15) is 9.59 Å². The van der Waals surface area contributed by atoms with E-state index < -0.39 is 6.04 Å². The predicted octanol–water partition coefficient (Wildman–Crippen LogP) is 0.379. The first-order valence-corrected chi connectivity index (χ1v) is 8.58. The highest BCUT2D eigenvalue weighted by Gasteiger charge is 2.40. The van der Waals surface area contributed by atoms with Crippen molar-refractivity contribution >= 4 is 23.0 Å². The second-order valence-corrected chi connectivity index (χ2v) is 6.40. The third kappa shape index (κ3) is 3.09. The number of imidazole rings is 1. The van der Waals surface area contributed by atoms with Crippen LogP contribution in [0, 0.1) is 0 Å². The predicted molar refractivity (Wildman–Crippen MR) is 93.9 cm³/mol. The summed E-state index contributed by atoms with van der Waals surface area (Å²) in [5.41, 5.74) is 7.85. The number of amides is 2. The van der Waals surface area contributed by atoms with Crippen LogP contribution in [-0.4, -0.2) is 67.9 Å². The van der Waals surface area contributed by atoms with Gasteiger partial charge in [-0.15, -0.1) is 0 Å². The van der Waals surface area contributed by atoms with Crippen LogP contribution in [0.2, 0.25) is 0 Å². The molecule has 1 saturated heterocycles. The summed E-state index contributed by atoms with van der Waals surface area (Å²) < 4.78 is 1.79. The number of hydrogen-bond acceptors (Lipinski definition) is 5. The summed E-state index contributed by atoms with van der Waals surface area (Å²) in [5.74, 6) is -0.267. The molecule has 25 heavy (non-hydrogen) atoms. The quantitative estimate of drug-likeness (QED) is 0.865. The second kappa shape index (κ2) is 6.79. The van der Waals surface area contributed by atoms with E-state index in [2.05, 4.69) is 9.97 Å². The molecule has 0 spiro atoms. The van der Waals surface area contributed by atoms with Gasteiger partial charge < -0.3 is 20.1 Å². The van der Waals surface area contributed by atoms with E-state index >= 15 is 0 Å². The highest BCUT2D eigenvalue weighted by molar-refractivity contribution is 5.99. The van der Waals surface area contributed by atoms with E-state index in [4.69, 9.17) is 5.73 Å². The Balaban J connectivity index is 1.88. The Bertz CT molecular complexity index is 798. The molecule has 3 heterocycles. The smallest absolute Gasteiger partial charge is 0.256 e. The number of aryl methyl sites for hydroxylation is 1. The summed E-state index contributed by atoms with van der Waals surface area (Å²) in [4.78, 5) is 37.6. The molecule has 2 aromatic heterocycles. The van der Waals surface area contributed by atoms with Crippen molar-refractivity contribution in [3.05, 3.63) is 24.2 Å². The van der Waals surface area contributed by atoms with Crippen molar-refractivity contribution in [3.63, 3.8) is 0 Å². The second-order valence-electron chi connectivity index (χ2n) is 6.40. The van der Waals surface area contributed by atoms with Gasteiger partial charge in [-0.3, -0.25) is 9.59 Å². The summed E-state index contributed by atoms with van der Waals surface area (Å²) in [6.07, 6.45) is 3.68. The molecule has 8 heteroatoms. The number of nitrogens with two attached hydrogens (primary N) is 1. The van der Waals surface area contributed by atoms with Crippen LogP contribution in [0.15, 0.2) is 18.6 Å². The molecule has 2 atom stereocenters. The van der Waals surface area contributed by atoms with Crippen molar-refractivity contribution in [3.8, 4) is 0 Å². The molecule has 1 fully saturated rings. The molecule has 0 bridgehead atoms. The minimum atomic E-state index is -0.512. The van der Waals surface area contributed by atoms with Gasteiger partial charge >= 0.3 is 0 Å². The molecule has 0 aromatic carbocycles. The first-order valence-electron chi connectivity index (χ1n) is 8.58.